The molecule has 0 atom stereocenters. The zero-order valence-electron chi connectivity index (χ0n) is 9.77. The maximum atomic E-state index is 11.6. The maximum absolute atomic E-state index is 11.6. The van der Waals surface area contributed by atoms with Gasteiger partial charge in [0, 0.05) is 5.39 Å². The van der Waals surface area contributed by atoms with Gasteiger partial charge in [0.05, 0.1) is 29.9 Å². The summed E-state index contributed by atoms with van der Waals surface area (Å²) in [7, 11) is 0. The van der Waals surface area contributed by atoms with E-state index in [1.54, 1.807) is 6.92 Å². The van der Waals surface area contributed by atoms with Gasteiger partial charge in [-0.3, -0.25) is 4.79 Å². The summed E-state index contributed by atoms with van der Waals surface area (Å²) < 4.78 is 4.87. The monoisotopic (exact) mass is 248 g/mol. The van der Waals surface area contributed by atoms with E-state index in [0.29, 0.717) is 22.0 Å². The molecule has 0 bridgehead atoms. The molecule has 6 nitrogen and oxygen atoms in total. The van der Waals surface area contributed by atoms with Crippen molar-refractivity contribution in [2.45, 2.75) is 13.5 Å². The Balaban J connectivity index is 2.63. The molecule has 0 fully saturated rings. The Bertz CT molecular complexity index is 648. The lowest BCUT2D eigenvalue weighted by Crippen LogP contribution is -2.12. The van der Waals surface area contributed by atoms with Gasteiger partial charge in [0.2, 0.25) is 0 Å². The number of aliphatic hydroxyl groups excluding tert-OH is 1. The zero-order chi connectivity index (χ0) is 13.1. The van der Waals surface area contributed by atoms with Crippen molar-refractivity contribution in [3.05, 3.63) is 39.8 Å². The number of H-pyrrole nitrogens is 1. The number of benzene rings is 1. The van der Waals surface area contributed by atoms with E-state index in [2.05, 4.69) is 10.2 Å². The number of nitrogens with one attached hydrogen (secondary N) is 1. The third-order valence-corrected chi connectivity index (χ3v) is 2.53. The molecule has 0 amide bonds. The minimum Gasteiger partial charge on any atom is -0.462 e. The van der Waals surface area contributed by atoms with E-state index in [1.165, 1.54) is 18.2 Å². The lowest BCUT2D eigenvalue weighted by atomic mass is 10.1. The SMILES string of the molecule is CCOC(=O)c1ccc2c(=O)[nH]nc(CO)c2c1. The molecule has 0 saturated heterocycles. The number of esters is 1. The summed E-state index contributed by atoms with van der Waals surface area (Å²) in [5.74, 6) is -0.469. The molecular weight excluding hydrogens is 236 g/mol. The summed E-state index contributed by atoms with van der Waals surface area (Å²) in [6.07, 6.45) is 0. The summed E-state index contributed by atoms with van der Waals surface area (Å²) in [6.45, 7) is 1.67. The number of ether oxygens (including phenoxy) is 1. The summed E-state index contributed by atoms with van der Waals surface area (Å²) in [6, 6.07) is 4.53. The van der Waals surface area contributed by atoms with Gasteiger partial charge in [0.25, 0.3) is 5.56 Å². The van der Waals surface area contributed by atoms with Crippen LogP contribution in [0.4, 0.5) is 0 Å². The van der Waals surface area contributed by atoms with Crippen molar-refractivity contribution in [3.63, 3.8) is 0 Å². The maximum Gasteiger partial charge on any atom is 0.338 e. The first-order valence-corrected chi connectivity index (χ1v) is 5.46. The molecule has 1 heterocycles. The van der Waals surface area contributed by atoms with Crippen molar-refractivity contribution in [2.75, 3.05) is 6.61 Å². The molecule has 0 aliphatic rings. The Morgan fingerprint density at radius 1 is 1.44 bits per heavy atom. The van der Waals surface area contributed by atoms with Crippen LogP contribution < -0.4 is 5.56 Å². The van der Waals surface area contributed by atoms with E-state index in [9.17, 15) is 9.59 Å². The van der Waals surface area contributed by atoms with Gasteiger partial charge in [-0.1, -0.05) is 0 Å². The van der Waals surface area contributed by atoms with Crippen molar-refractivity contribution < 1.29 is 14.6 Å². The van der Waals surface area contributed by atoms with Crippen molar-refractivity contribution >= 4 is 16.7 Å². The third kappa shape index (κ3) is 2.10. The topological polar surface area (TPSA) is 92.3 Å². The van der Waals surface area contributed by atoms with Gasteiger partial charge in [0.1, 0.15) is 0 Å². The minimum atomic E-state index is -0.469. The van der Waals surface area contributed by atoms with Crippen molar-refractivity contribution in [3.8, 4) is 0 Å². The minimum absolute atomic E-state index is 0.275. The largest absolute Gasteiger partial charge is 0.462 e. The molecule has 94 valence electrons. The molecule has 0 aliphatic carbocycles. The Kier molecular flexibility index (Phi) is 3.38. The van der Waals surface area contributed by atoms with E-state index in [4.69, 9.17) is 9.84 Å². The molecule has 6 heteroatoms. The van der Waals surface area contributed by atoms with Crippen LogP contribution in [0.15, 0.2) is 23.0 Å². The van der Waals surface area contributed by atoms with Crippen molar-refractivity contribution in [1.29, 1.82) is 0 Å². The molecule has 0 aliphatic heterocycles. The summed E-state index contributed by atoms with van der Waals surface area (Å²) >= 11 is 0. The molecule has 2 N–H and O–H groups in total. The molecule has 1 aromatic carbocycles. The highest BCUT2D eigenvalue weighted by atomic mass is 16.5. The number of carbonyl (C=O) groups excluding carboxylic acids is 1. The fraction of sp³-hybridized carbons (Fsp3) is 0.250. The highest BCUT2D eigenvalue weighted by Gasteiger charge is 2.11. The van der Waals surface area contributed by atoms with Crippen LogP contribution >= 0.6 is 0 Å². The van der Waals surface area contributed by atoms with Gasteiger partial charge < -0.3 is 9.84 Å². The molecule has 0 saturated carbocycles. The number of fused-ring (bicyclic) bond motifs is 1. The van der Waals surface area contributed by atoms with Crippen molar-refractivity contribution in [1.82, 2.24) is 10.2 Å². The summed E-state index contributed by atoms with van der Waals surface area (Å²) in [5.41, 5.74) is 0.278. The first-order chi connectivity index (χ1) is 8.67. The van der Waals surface area contributed by atoms with Crippen LogP contribution in [-0.4, -0.2) is 27.9 Å². The van der Waals surface area contributed by atoms with Crippen LogP contribution in [0.2, 0.25) is 0 Å². The Labute approximate surface area is 102 Å². The fourth-order valence-electron chi connectivity index (χ4n) is 1.68. The van der Waals surface area contributed by atoms with Gasteiger partial charge in [-0.25, -0.2) is 9.89 Å². The summed E-state index contributed by atoms with van der Waals surface area (Å²) in [4.78, 5) is 23.1. The zero-order valence-corrected chi connectivity index (χ0v) is 9.77. The number of aromatic nitrogens is 2. The van der Waals surface area contributed by atoms with Gasteiger partial charge in [-0.05, 0) is 25.1 Å². The number of aliphatic hydroxyl groups is 1. The number of rotatable bonds is 3. The van der Waals surface area contributed by atoms with Crippen LogP contribution in [0.3, 0.4) is 0 Å². The van der Waals surface area contributed by atoms with Gasteiger partial charge in [-0.2, -0.15) is 5.10 Å². The average molecular weight is 248 g/mol. The number of carbonyl (C=O) groups is 1. The predicted octanol–water partition coefficient (Wildman–Crippen LogP) is 0.592. The molecule has 0 spiro atoms. The van der Waals surface area contributed by atoms with Crippen LogP contribution in [0, 0.1) is 0 Å². The third-order valence-electron chi connectivity index (χ3n) is 2.53. The van der Waals surface area contributed by atoms with Gasteiger partial charge in [-0.15, -0.1) is 0 Å². The Hall–Kier alpha value is -2.21. The van der Waals surface area contributed by atoms with Gasteiger partial charge in [0.15, 0.2) is 0 Å². The van der Waals surface area contributed by atoms with Crippen LogP contribution in [0.1, 0.15) is 23.0 Å². The second-order valence-corrected chi connectivity index (χ2v) is 3.64. The number of hydrogen-bond acceptors (Lipinski definition) is 5. The van der Waals surface area contributed by atoms with E-state index in [-0.39, 0.29) is 18.8 Å². The van der Waals surface area contributed by atoms with E-state index in [1.807, 2.05) is 0 Å². The predicted molar refractivity (Wildman–Crippen MR) is 64.2 cm³/mol. The first kappa shape index (κ1) is 12.3. The number of aromatic amines is 1. The average Bonchev–Trinajstić information content (AvgIpc) is 2.39. The highest BCUT2D eigenvalue weighted by molar-refractivity contribution is 5.95. The van der Waals surface area contributed by atoms with Crippen LogP contribution in [-0.2, 0) is 11.3 Å². The molecule has 0 unspecified atom stereocenters. The molecule has 1 aromatic heterocycles. The first-order valence-electron chi connectivity index (χ1n) is 5.46. The molecule has 18 heavy (non-hydrogen) atoms. The van der Waals surface area contributed by atoms with Gasteiger partial charge >= 0.3 is 5.97 Å². The normalized spacial score (nSPS) is 10.6. The summed E-state index contributed by atoms with van der Waals surface area (Å²) in [5, 5.41) is 16.0. The molecule has 2 rings (SSSR count). The lowest BCUT2D eigenvalue weighted by Gasteiger charge is -2.05. The fourth-order valence-corrected chi connectivity index (χ4v) is 1.68. The lowest BCUT2D eigenvalue weighted by molar-refractivity contribution is 0.0526. The van der Waals surface area contributed by atoms with E-state index < -0.39 is 5.97 Å². The number of hydrogen-bond donors (Lipinski definition) is 2. The highest BCUT2D eigenvalue weighted by Crippen LogP contribution is 2.16. The van der Waals surface area contributed by atoms with Crippen molar-refractivity contribution in [2.24, 2.45) is 0 Å². The second kappa shape index (κ2) is 4.97. The molecule has 0 radical (unpaired) electrons. The quantitative estimate of drug-likeness (QED) is 0.775. The second-order valence-electron chi connectivity index (χ2n) is 3.64. The smallest absolute Gasteiger partial charge is 0.338 e. The van der Waals surface area contributed by atoms with Crippen LogP contribution in [0.5, 0.6) is 0 Å². The number of nitrogens with zero attached hydrogens (tertiary/aromatic N) is 1. The molecule has 2 aromatic rings. The Morgan fingerprint density at radius 2 is 2.22 bits per heavy atom. The molecular formula is C12H12N2O4. The standard InChI is InChI=1S/C12H12N2O4/c1-2-18-12(17)7-3-4-8-9(5-7)10(6-15)13-14-11(8)16/h3-5,15H,2,6H2,1H3,(H,14,16). The van der Waals surface area contributed by atoms with Crippen LogP contribution in [0.25, 0.3) is 10.8 Å². The Morgan fingerprint density at radius 3 is 2.89 bits per heavy atom. The van der Waals surface area contributed by atoms with E-state index >= 15 is 0 Å². The van der Waals surface area contributed by atoms with E-state index in [0.717, 1.165) is 0 Å².